The maximum absolute atomic E-state index is 12.5. The Balaban J connectivity index is 1.45. The minimum absolute atomic E-state index is 0.0373. The number of carbonyl (C=O) groups is 2. The van der Waals surface area contributed by atoms with E-state index in [4.69, 9.17) is 11.6 Å². The number of carboxylic acids is 1. The van der Waals surface area contributed by atoms with E-state index in [1.807, 2.05) is 6.07 Å². The highest BCUT2D eigenvalue weighted by Crippen LogP contribution is 2.46. The third kappa shape index (κ3) is 3.17. The first-order chi connectivity index (χ1) is 12.0. The standard InChI is InChI=1S/C17H21ClN4O3/c18-13-3-4-14(20-19-13)21-7-5-17(6-8-21)9-12(16(24)25)22(10-17)15(23)11-1-2-11/h3-4,11-12H,1-2,5-10H2,(H,24,25)/t12-/m0/s1. The van der Waals surface area contributed by atoms with Crippen LogP contribution in [-0.2, 0) is 9.59 Å². The highest BCUT2D eigenvalue weighted by Gasteiger charge is 2.51. The molecule has 3 fully saturated rings. The predicted molar refractivity (Wildman–Crippen MR) is 91.4 cm³/mol. The molecule has 0 bridgehead atoms. The average molecular weight is 365 g/mol. The fraction of sp³-hybridized carbons (Fsp3) is 0.647. The average Bonchev–Trinajstić information content (AvgIpc) is 3.38. The number of aliphatic carboxylic acids is 1. The number of aromatic nitrogens is 2. The molecule has 1 spiro atoms. The van der Waals surface area contributed by atoms with Crippen molar-refractivity contribution in [2.24, 2.45) is 11.3 Å². The Morgan fingerprint density at radius 3 is 2.48 bits per heavy atom. The molecule has 1 amide bonds. The molecule has 0 unspecified atom stereocenters. The SMILES string of the molecule is O=C(O)[C@@H]1CC2(CCN(c3ccc(Cl)nn3)CC2)CN1C(=O)C1CC1. The van der Waals surface area contributed by atoms with Crippen LogP contribution in [0.5, 0.6) is 0 Å². The summed E-state index contributed by atoms with van der Waals surface area (Å²) in [5.74, 6) is 0.00604. The summed E-state index contributed by atoms with van der Waals surface area (Å²) in [4.78, 5) is 27.9. The number of anilines is 1. The van der Waals surface area contributed by atoms with Gasteiger partial charge in [-0.2, -0.15) is 0 Å². The van der Waals surface area contributed by atoms with Crippen LogP contribution in [0.3, 0.4) is 0 Å². The molecule has 3 aliphatic rings. The minimum atomic E-state index is -0.878. The van der Waals surface area contributed by atoms with Crippen molar-refractivity contribution in [1.82, 2.24) is 15.1 Å². The van der Waals surface area contributed by atoms with Crippen LogP contribution < -0.4 is 4.90 Å². The third-order valence-corrected chi connectivity index (χ3v) is 5.97. The Labute approximate surface area is 151 Å². The number of carboxylic acid groups (broad SMARTS) is 1. The number of rotatable bonds is 3. The Bertz CT molecular complexity index is 684. The lowest BCUT2D eigenvalue weighted by molar-refractivity contribution is -0.148. The lowest BCUT2D eigenvalue weighted by atomic mass is 9.76. The molecule has 1 aromatic rings. The van der Waals surface area contributed by atoms with Crippen molar-refractivity contribution in [3.05, 3.63) is 17.3 Å². The van der Waals surface area contributed by atoms with Gasteiger partial charge in [-0.05, 0) is 49.7 Å². The first-order valence-electron chi connectivity index (χ1n) is 8.75. The van der Waals surface area contributed by atoms with Crippen molar-refractivity contribution in [2.75, 3.05) is 24.5 Å². The highest BCUT2D eigenvalue weighted by molar-refractivity contribution is 6.29. The van der Waals surface area contributed by atoms with Crippen molar-refractivity contribution in [1.29, 1.82) is 0 Å². The van der Waals surface area contributed by atoms with E-state index in [0.29, 0.717) is 18.1 Å². The second kappa shape index (κ2) is 6.12. The summed E-state index contributed by atoms with van der Waals surface area (Å²) in [5.41, 5.74) is -0.0933. The molecule has 134 valence electrons. The number of halogens is 1. The van der Waals surface area contributed by atoms with Gasteiger partial charge in [-0.3, -0.25) is 4.79 Å². The molecule has 1 aliphatic carbocycles. The smallest absolute Gasteiger partial charge is 0.326 e. The maximum Gasteiger partial charge on any atom is 0.326 e. The second-order valence-corrected chi connectivity index (χ2v) is 7.89. The van der Waals surface area contributed by atoms with Gasteiger partial charge < -0.3 is 14.9 Å². The van der Waals surface area contributed by atoms with Gasteiger partial charge in [0.1, 0.15) is 6.04 Å². The molecule has 1 N–H and O–H groups in total. The fourth-order valence-electron chi connectivity index (χ4n) is 4.12. The Morgan fingerprint density at radius 2 is 1.92 bits per heavy atom. The molecule has 1 saturated carbocycles. The van der Waals surface area contributed by atoms with E-state index in [1.54, 1.807) is 11.0 Å². The molecule has 2 aliphatic heterocycles. The molecular weight excluding hydrogens is 344 g/mol. The zero-order valence-electron chi connectivity index (χ0n) is 13.9. The van der Waals surface area contributed by atoms with E-state index in [1.165, 1.54) is 0 Å². The Morgan fingerprint density at radius 1 is 1.20 bits per heavy atom. The molecule has 7 nitrogen and oxygen atoms in total. The number of piperidine rings is 1. The third-order valence-electron chi connectivity index (χ3n) is 5.77. The normalized spacial score (nSPS) is 25.4. The van der Waals surface area contributed by atoms with E-state index in [9.17, 15) is 14.7 Å². The van der Waals surface area contributed by atoms with Crippen LogP contribution in [0.1, 0.15) is 32.1 Å². The lowest BCUT2D eigenvalue weighted by Gasteiger charge is -2.39. The first-order valence-corrected chi connectivity index (χ1v) is 9.13. The fourth-order valence-corrected chi connectivity index (χ4v) is 4.22. The number of amides is 1. The summed E-state index contributed by atoms with van der Waals surface area (Å²) in [6.07, 6.45) is 4.07. The van der Waals surface area contributed by atoms with Gasteiger partial charge in [0.15, 0.2) is 11.0 Å². The van der Waals surface area contributed by atoms with E-state index in [-0.39, 0.29) is 17.2 Å². The molecule has 8 heteroatoms. The van der Waals surface area contributed by atoms with Crippen molar-refractivity contribution < 1.29 is 14.7 Å². The Hall–Kier alpha value is -1.89. The molecule has 0 radical (unpaired) electrons. The van der Waals surface area contributed by atoms with Gasteiger partial charge in [-0.15, -0.1) is 10.2 Å². The summed E-state index contributed by atoms with van der Waals surface area (Å²) in [6, 6.07) is 2.90. The summed E-state index contributed by atoms with van der Waals surface area (Å²) >= 11 is 5.79. The zero-order chi connectivity index (χ0) is 17.6. The van der Waals surface area contributed by atoms with Crippen molar-refractivity contribution in [2.45, 2.75) is 38.1 Å². The number of carbonyl (C=O) groups excluding carboxylic acids is 1. The van der Waals surface area contributed by atoms with E-state index < -0.39 is 12.0 Å². The molecule has 4 rings (SSSR count). The van der Waals surface area contributed by atoms with Gasteiger partial charge >= 0.3 is 5.97 Å². The largest absolute Gasteiger partial charge is 0.480 e. The van der Waals surface area contributed by atoms with Crippen LogP contribution in [0.4, 0.5) is 5.82 Å². The van der Waals surface area contributed by atoms with E-state index >= 15 is 0 Å². The Kier molecular flexibility index (Phi) is 4.06. The molecule has 3 heterocycles. The van der Waals surface area contributed by atoms with E-state index in [2.05, 4.69) is 15.1 Å². The van der Waals surface area contributed by atoms with Gasteiger partial charge in [0.2, 0.25) is 5.91 Å². The van der Waals surface area contributed by atoms with Crippen LogP contribution in [0.25, 0.3) is 0 Å². The highest BCUT2D eigenvalue weighted by atomic mass is 35.5. The maximum atomic E-state index is 12.5. The van der Waals surface area contributed by atoms with Gasteiger partial charge in [0.25, 0.3) is 0 Å². The summed E-state index contributed by atoms with van der Waals surface area (Å²) in [7, 11) is 0. The van der Waals surface area contributed by atoms with Crippen LogP contribution in [-0.4, -0.2) is 57.8 Å². The van der Waals surface area contributed by atoms with Gasteiger partial charge in [0, 0.05) is 25.6 Å². The van der Waals surface area contributed by atoms with Crippen molar-refractivity contribution in [3.63, 3.8) is 0 Å². The number of hydrogen-bond donors (Lipinski definition) is 1. The number of nitrogens with zero attached hydrogens (tertiary/aromatic N) is 4. The lowest BCUT2D eigenvalue weighted by Crippen LogP contribution is -2.43. The van der Waals surface area contributed by atoms with E-state index in [0.717, 1.165) is 44.6 Å². The van der Waals surface area contributed by atoms with Crippen LogP contribution >= 0.6 is 11.6 Å². The van der Waals surface area contributed by atoms with Crippen molar-refractivity contribution >= 4 is 29.3 Å². The summed E-state index contributed by atoms with van der Waals surface area (Å²) in [5, 5.41) is 17.9. The monoisotopic (exact) mass is 364 g/mol. The number of hydrogen-bond acceptors (Lipinski definition) is 5. The molecule has 1 atom stereocenters. The quantitative estimate of drug-likeness (QED) is 0.880. The van der Waals surface area contributed by atoms with Gasteiger partial charge in [-0.1, -0.05) is 11.6 Å². The van der Waals surface area contributed by atoms with Crippen LogP contribution in [0.2, 0.25) is 5.15 Å². The topological polar surface area (TPSA) is 86.6 Å². The molecule has 25 heavy (non-hydrogen) atoms. The molecule has 0 aromatic carbocycles. The number of likely N-dealkylation sites (tertiary alicyclic amines) is 1. The minimum Gasteiger partial charge on any atom is -0.480 e. The zero-order valence-corrected chi connectivity index (χ0v) is 14.7. The van der Waals surface area contributed by atoms with Crippen molar-refractivity contribution in [3.8, 4) is 0 Å². The summed E-state index contributed by atoms with van der Waals surface area (Å²) < 4.78 is 0. The van der Waals surface area contributed by atoms with Gasteiger partial charge in [-0.25, -0.2) is 4.79 Å². The van der Waals surface area contributed by atoms with Gasteiger partial charge in [0.05, 0.1) is 0 Å². The summed E-state index contributed by atoms with van der Waals surface area (Å²) in [6.45, 7) is 2.14. The molecular formula is C17H21ClN4O3. The predicted octanol–water partition coefficient (Wildman–Crippen LogP) is 1.81. The first kappa shape index (κ1) is 16.6. The molecule has 1 aromatic heterocycles. The van der Waals surface area contributed by atoms with Crippen LogP contribution in [0, 0.1) is 11.3 Å². The van der Waals surface area contributed by atoms with Crippen LogP contribution in [0.15, 0.2) is 12.1 Å². The second-order valence-electron chi connectivity index (χ2n) is 7.50. The molecule has 2 saturated heterocycles.